The number of fused-ring (bicyclic) bond motifs is 1. The van der Waals surface area contributed by atoms with E-state index in [0.717, 1.165) is 5.56 Å². The summed E-state index contributed by atoms with van der Waals surface area (Å²) in [5.74, 6) is -0.455. The van der Waals surface area contributed by atoms with Gasteiger partial charge in [-0.05, 0) is 24.6 Å². The van der Waals surface area contributed by atoms with Gasteiger partial charge in [0.1, 0.15) is 6.61 Å². The van der Waals surface area contributed by atoms with Crippen LogP contribution in [0.15, 0.2) is 35.1 Å². The van der Waals surface area contributed by atoms with Crippen molar-refractivity contribution in [2.24, 2.45) is 0 Å². The number of esters is 1. The number of carbonyl (C=O) groups is 1. The summed E-state index contributed by atoms with van der Waals surface area (Å²) in [4.78, 5) is 28.7. The summed E-state index contributed by atoms with van der Waals surface area (Å²) in [7, 11) is 1.59. The smallest absolute Gasteiger partial charge is 0.338 e. The average molecular weight is 345 g/mol. The summed E-state index contributed by atoms with van der Waals surface area (Å²) in [5.41, 5.74) is 1.70. The van der Waals surface area contributed by atoms with Crippen LogP contribution in [0.3, 0.4) is 0 Å². The second-order valence-electron chi connectivity index (χ2n) is 5.14. The van der Waals surface area contributed by atoms with Crippen molar-refractivity contribution in [2.45, 2.75) is 20.1 Å². The van der Waals surface area contributed by atoms with E-state index in [0.29, 0.717) is 27.8 Å². The van der Waals surface area contributed by atoms with Gasteiger partial charge >= 0.3 is 5.97 Å². The molecular formula is C16H15N3O4S. The van der Waals surface area contributed by atoms with E-state index in [4.69, 9.17) is 9.47 Å². The number of ether oxygens (including phenoxy) is 2. The van der Waals surface area contributed by atoms with Crippen molar-refractivity contribution in [2.75, 3.05) is 7.11 Å². The maximum Gasteiger partial charge on any atom is 0.338 e. The number of hydrogen-bond acceptors (Lipinski definition) is 7. The molecular weight excluding hydrogens is 330 g/mol. The lowest BCUT2D eigenvalue weighted by Gasteiger charge is -2.04. The van der Waals surface area contributed by atoms with Crippen molar-refractivity contribution in [3.63, 3.8) is 0 Å². The van der Waals surface area contributed by atoms with Crippen molar-refractivity contribution < 1.29 is 14.3 Å². The number of methoxy groups -OCH3 is 1. The van der Waals surface area contributed by atoms with Crippen molar-refractivity contribution in [3.05, 3.63) is 62.5 Å². The van der Waals surface area contributed by atoms with Gasteiger partial charge in [0, 0.05) is 18.9 Å². The molecule has 2 aromatic heterocycles. The Hall–Kier alpha value is -2.58. The van der Waals surface area contributed by atoms with Crippen LogP contribution in [0.2, 0.25) is 0 Å². The Balaban J connectivity index is 1.73. The minimum Gasteiger partial charge on any atom is -0.455 e. The molecule has 24 heavy (non-hydrogen) atoms. The quantitative estimate of drug-likeness (QED) is 0.658. The van der Waals surface area contributed by atoms with E-state index in [1.165, 1.54) is 21.9 Å². The zero-order valence-corrected chi connectivity index (χ0v) is 14.0. The summed E-state index contributed by atoms with van der Waals surface area (Å²) in [6.07, 6.45) is 0. The SMILES string of the molecule is COCc1cccc(C(=O)OCc2nn3c(=O)cc(C)nc3s2)c1. The number of nitrogens with zero attached hydrogens (tertiary/aromatic N) is 3. The number of aromatic nitrogens is 3. The van der Waals surface area contributed by atoms with Gasteiger partial charge in [0.2, 0.25) is 4.96 Å². The van der Waals surface area contributed by atoms with Crippen molar-refractivity contribution in [1.82, 2.24) is 14.6 Å². The number of benzene rings is 1. The fourth-order valence-corrected chi connectivity index (χ4v) is 3.04. The third-order valence-corrected chi connectivity index (χ3v) is 4.10. The monoisotopic (exact) mass is 345 g/mol. The van der Waals surface area contributed by atoms with Gasteiger partial charge in [0.05, 0.1) is 12.2 Å². The van der Waals surface area contributed by atoms with Crippen LogP contribution >= 0.6 is 11.3 Å². The molecule has 8 heteroatoms. The first-order valence-corrected chi connectivity index (χ1v) is 8.00. The first-order chi connectivity index (χ1) is 11.6. The Morgan fingerprint density at radius 3 is 2.92 bits per heavy atom. The van der Waals surface area contributed by atoms with Crippen LogP contribution < -0.4 is 5.56 Å². The molecule has 0 saturated heterocycles. The fourth-order valence-electron chi connectivity index (χ4n) is 2.18. The molecule has 124 valence electrons. The maximum absolute atomic E-state index is 12.1. The van der Waals surface area contributed by atoms with E-state index in [1.54, 1.807) is 32.2 Å². The highest BCUT2D eigenvalue weighted by Gasteiger charge is 2.12. The van der Waals surface area contributed by atoms with Crippen LogP contribution in [-0.2, 0) is 22.7 Å². The van der Waals surface area contributed by atoms with Crippen molar-refractivity contribution >= 4 is 22.3 Å². The molecule has 0 aliphatic heterocycles. The predicted molar refractivity (Wildman–Crippen MR) is 88.1 cm³/mol. The third kappa shape index (κ3) is 3.50. The molecule has 0 spiro atoms. The second kappa shape index (κ2) is 6.90. The molecule has 3 aromatic rings. The van der Waals surface area contributed by atoms with Gasteiger partial charge in [-0.1, -0.05) is 23.5 Å². The maximum atomic E-state index is 12.1. The first-order valence-electron chi connectivity index (χ1n) is 7.18. The Morgan fingerprint density at radius 1 is 1.29 bits per heavy atom. The van der Waals surface area contributed by atoms with Gasteiger partial charge in [-0.2, -0.15) is 9.61 Å². The highest BCUT2D eigenvalue weighted by Crippen LogP contribution is 2.14. The topological polar surface area (TPSA) is 82.8 Å². The number of rotatable bonds is 5. The van der Waals surface area contributed by atoms with Gasteiger partial charge in [-0.25, -0.2) is 9.78 Å². The number of aryl methyl sites for hydroxylation is 1. The van der Waals surface area contributed by atoms with Gasteiger partial charge in [0.25, 0.3) is 5.56 Å². The van der Waals surface area contributed by atoms with Gasteiger partial charge < -0.3 is 9.47 Å². The van der Waals surface area contributed by atoms with Crippen molar-refractivity contribution in [1.29, 1.82) is 0 Å². The highest BCUT2D eigenvalue weighted by atomic mass is 32.1. The summed E-state index contributed by atoms with van der Waals surface area (Å²) >= 11 is 1.22. The summed E-state index contributed by atoms with van der Waals surface area (Å²) in [5, 5.41) is 4.64. The molecule has 0 saturated carbocycles. The van der Waals surface area contributed by atoms with Gasteiger partial charge in [-0.15, -0.1) is 0 Å². The summed E-state index contributed by atoms with van der Waals surface area (Å²) < 4.78 is 11.5. The van der Waals surface area contributed by atoms with Crippen LogP contribution in [-0.4, -0.2) is 27.7 Å². The second-order valence-corrected chi connectivity index (χ2v) is 6.18. The van der Waals surface area contributed by atoms with Crippen LogP contribution in [0.4, 0.5) is 0 Å². The lowest BCUT2D eigenvalue weighted by Crippen LogP contribution is -2.14. The normalized spacial score (nSPS) is 10.9. The van der Waals surface area contributed by atoms with E-state index in [-0.39, 0.29) is 12.2 Å². The average Bonchev–Trinajstić information content (AvgIpc) is 2.96. The molecule has 1 aromatic carbocycles. The fraction of sp³-hybridized carbons (Fsp3) is 0.250. The van der Waals surface area contributed by atoms with E-state index in [2.05, 4.69) is 10.1 Å². The van der Waals surface area contributed by atoms with Crippen LogP contribution in [0.25, 0.3) is 4.96 Å². The lowest BCUT2D eigenvalue weighted by molar-refractivity contribution is 0.0471. The van der Waals surface area contributed by atoms with Gasteiger partial charge in [-0.3, -0.25) is 4.79 Å². The van der Waals surface area contributed by atoms with E-state index >= 15 is 0 Å². The Bertz CT molecular complexity index is 948. The standard InChI is InChI=1S/C16H15N3O4S/c1-10-6-14(20)19-16(17-10)24-13(18-19)9-23-15(21)12-5-3-4-11(7-12)8-22-2/h3-7H,8-9H2,1-2H3. The summed E-state index contributed by atoms with van der Waals surface area (Å²) in [6, 6.07) is 8.45. The number of hydrogen-bond donors (Lipinski definition) is 0. The molecule has 0 aliphatic rings. The molecule has 0 fully saturated rings. The molecule has 0 radical (unpaired) electrons. The molecule has 0 N–H and O–H groups in total. The highest BCUT2D eigenvalue weighted by molar-refractivity contribution is 7.16. The van der Waals surface area contributed by atoms with E-state index < -0.39 is 5.97 Å². The zero-order chi connectivity index (χ0) is 17.1. The zero-order valence-electron chi connectivity index (χ0n) is 13.2. The Labute approximate surface area is 141 Å². The molecule has 0 atom stereocenters. The molecule has 0 unspecified atom stereocenters. The van der Waals surface area contributed by atoms with E-state index in [9.17, 15) is 9.59 Å². The molecule has 0 aliphatic carbocycles. The van der Waals surface area contributed by atoms with Crippen LogP contribution in [0.1, 0.15) is 26.6 Å². The van der Waals surface area contributed by atoms with Crippen LogP contribution in [0.5, 0.6) is 0 Å². The Morgan fingerprint density at radius 2 is 2.12 bits per heavy atom. The van der Waals surface area contributed by atoms with Crippen LogP contribution in [0, 0.1) is 6.92 Å². The Kier molecular flexibility index (Phi) is 4.68. The minimum atomic E-state index is -0.455. The molecule has 7 nitrogen and oxygen atoms in total. The molecule has 0 amide bonds. The minimum absolute atomic E-state index is 0.0140. The summed E-state index contributed by atoms with van der Waals surface area (Å²) in [6.45, 7) is 2.15. The number of carbonyl (C=O) groups excluding carboxylic acids is 1. The lowest BCUT2D eigenvalue weighted by atomic mass is 10.1. The first kappa shape index (κ1) is 16.3. The molecule has 0 bridgehead atoms. The molecule has 2 heterocycles. The third-order valence-electron chi connectivity index (χ3n) is 3.22. The molecule has 3 rings (SSSR count). The van der Waals surface area contributed by atoms with E-state index in [1.807, 2.05) is 6.07 Å². The predicted octanol–water partition coefficient (Wildman–Crippen LogP) is 1.96. The largest absolute Gasteiger partial charge is 0.455 e. The van der Waals surface area contributed by atoms with Crippen molar-refractivity contribution in [3.8, 4) is 0 Å². The van der Waals surface area contributed by atoms with Gasteiger partial charge in [0.15, 0.2) is 5.01 Å².